The molecule has 1 rings (SSSR count). The van der Waals surface area contributed by atoms with Gasteiger partial charge >= 0.3 is 0 Å². The van der Waals surface area contributed by atoms with E-state index in [0.29, 0.717) is 18.4 Å². The highest BCUT2D eigenvalue weighted by Crippen LogP contribution is 2.11. The van der Waals surface area contributed by atoms with Gasteiger partial charge in [0.05, 0.1) is 0 Å². The molecule has 0 spiro atoms. The zero-order valence-corrected chi connectivity index (χ0v) is 7.47. The zero-order valence-electron chi connectivity index (χ0n) is 7.47. The first-order chi connectivity index (χ1) is 6.22. The molecule has 0 saturated heterocycles. The monoisotopic (exact) mass is 183 g/mol. The Bertz CT molecular complexity index is 258. The first kappa shape index (κ1) is 10.2. The lowest BCUT2D eigenvalue weighted by Crippen LogP contribution is -2.04. The summed E-state index contributed by atoms with van der Waals surface area (Å²) in [4.78, 5) is 0. The molecule has 0 N–H and O–H groups in total. The number of alkyl halides is 1. The van der Waals surface area contributed by atoms with Crippen molar-refractivity contribution in [3.63, 3.8) is 0 Å². The van der Waals surface area contributed by atoms with Gasteiger partial charge in [0.2, 0.25) is 0 Å². The van der Waals surface area contributed by atoms with E-state index in [9.17, 15) is 8.78 Å². The number of halogens is 2. The van der Waals surface area contributed by atoms with Crippen LogP contribution in [0.1, 0.15) is 18.4 Å². The van der Waals surface area contributed by atoms with Crippen LogP contribution in [0.5, 0.6) is 0 Å². The molecule has 1 atom stereocenters. The zero-order chi connectivity index (χ0) is 9.68. The minimum absolute atomic E-state index is 0.285. The molecule has 0 aromatic heterocycles. The van der Waals surface area contributed by atoms with Gasteiger partial charge in [-0.15, -0.1) is 0 Å². The average molecular weight is 183 g/mol. The molecule has 0 fully saturated rings. The van der Waals surface area contributed by atoms with Crippen LogP contribution in [0.4, 0.5) is 8.78 Å². The van der Waals surface area contributed by atoms with E-state index in [-0.39, 0.29) is 12.2 Å². The summed E-state index contributed by atoms with van der Waals surface area (Å²) in [5, 5.41) is 0. The van der Waals surface area contributed by atoms with Crippen molar-refractivity contribution < 1.29 is 8.78 Å². The predicted octanol–water partition coefficient (Wildman–Crippen LogP) is 3.32. The molecule has 1 radical (unpaired) electrons. The molecule has 71 valence electrons. The number of hydrogen-bond donors (Lipinski definition) is 0. The van der Waals surface area contributed by atoms with Crippen LogP contribution in [-0.2, 0) is 6.42 Å². The van der Waals surface area contributed by atoms with E-state index in [1.54, 1.807) is 12.1 Å². The Balaban J connectivity index is 2.53. The maximum absolute atomic E-state index is 13.1. The third-order valence-electron chi connectivity index (χ3n) is 1.86. The topological polar surface area (TPSA) is 0 Å². The number of rotatable bonds is 4. The third-order valence-corrected chi connectivity index (χ3v) is 1.86. The smallest absolute Gasteiger partial charge is 0.123 e. The van der Waals surface area contributed by atoms with Crippen LogP contribution in [0.3, 0.4) is 0 Å². The molecule has 0 heterocycles. The van der Waals surface area contributed by atoms with Crippen LogP contribution in [0, 0.1) is 12.7 Å². The molecule has 0 bridgehead atoms. The maximum atomic E-state index is 13.1. The van der Waals surface area contributed by atoms with Crippen molar-refractivity contribution >= 4 is 0 Å². The Labute approximate surface area is 77.6 Å². The summed E-state index contributed by atoms with van der Waals surface area (Å²) < 4.78 is 25.7. The second kappa shape index (κ2) is 4.95. The molecular weight excluding hydrogens is 170 g/mol. The average Bonchev–Trinajstić information content (AvgIpc) is 2.04. The second-order valence-corrected chi connectivity index (χ2v) is 3.07. The van der Waals surface area contributed by atoms with Crippen LogP contribution < -0.4 is 0 Å². The highest BCUT2D eigenvalue weighted by Gasteiger charge is 2.06. The predicted molar refractivity (Wildman–Crippen MR) is 49.6 cm³/mol. The Morgan fingerprint density at radius 1 is 1.38 bits per heavy atom. The quantitative estimate of drug-likeness (QED) is 0.671. The summed E-state index contributed by atoms with van der Waals surface area (Å²) in [6.45, 7) is 3.57. The summed E-state index contributed by atoms with van der Waals surface area (Å²) in [6, 6.07) is 6.06. The summed E-state index contributed by atoms with van der Waals surface area (Å²) in [5.41, 5.74) is 0.709. The van der Waals surface area contributed by atoms with Gasteiger partial charge in [-0.25, -0.2) is 8.78 Å². The fraction of sp³-hybridized carbons (Fsp3) is 0.364. The Morgan fingerprint density at radius 3 is 2.77 bits per heavy atom. The molecule has 1 aromatic rings. The SMILES string of the molecule is [CH2]CCC(F)Cc1cccc(F)c1. The standard InChI is InChI=1S/C11H13F2/c1-2-4-10(12)7-9-5-3-6-11(13)8-9/h3,5-6,8,10H,1-2,4,7H2. The second-order valence-electron chi connectivity index (χ2n) is 3.07. The highest BCUT2D eigenvalue weighted by atomic mass is 19.1. The van der Waals surface area contributed by atoms with Crippen LogP contribution in [0.15, 0.2) is 24.3 Å². The van der Waals surface area contributed by atoms with Crippen molar-refractivity contribution in [3.05, 3.63) is 42.6 Å². The summed E-state index contributed by atoms with van der Waals surface area (Å²) >= 11 is 0. The largest absolute Gasteiger partial charge is 0.247 e. The number of benzene rings is 1. The normalized spacial score (nSPS) is 12.8. The fourth-order valence-electron chi connectivity index (χ4n) is 1.24. The van der Waals surface area contributed by atoms with E-state index in [2.05, 4.69) is 6.92 Å². The van der Waals surface area contributed by atoms with E-state index < -0.39 is 6.17 Å². The summed E-state index contributed by atoms with van der Waals surface area (Å²) in [6.07, 6.45) is 0.402. The number of hydrogen-bond acceptors (Lipinski definition) is 0. The van der Waals surface area contributed by atoms with Gasteiger partial charge in [-0.3, -0.25) is 0 Å². The van der Waals surface area contributed by atoms with Crippen molar-refractivity contribution in [2.24, 2.45) is 0 Å². The van der Waals surface area contributed by atoms with Gasteiger partial charge in [0.15, 0.2) is 0 Å². The van der Waals surface area contributed by atoms with Crippen LogP contribution >= 0.6 is 0 Å². The van der Waals surface area contributed by atoms with E-state index >= 15 is 0 Å². The van der Waals surface area contributed by atoms with Crippen molar-refractivity contribution in [2.45, 2.75) is 25.4 Å². The molecule has 13 heavy (non-hydrogen) atoms. The molecule has 0 aliphatic carbocycles. The van der Waals surface area contributed by atoms with Gasteiger partial charge in [0.1, 0.15) is 12.0 Å². The van der Waals surface area contributed by atoms with Crippen LogP contribution in [0.25, 0.3) is 0 Å². The van der Waals surface area contributed by atoms with Gasteiger partial charge < -0.3 is 0 Å². The van der Waals surface area contributed by atoms with Crippen molar-refractivity contribution in [2.75, 3.05) is 0 Å². The molecule has 1 unspecified atom stereocenters. The molecule has 0 amide bonds. The van der Waals surface area contributed by atoms with Gasteiger partial charge in [-0.2, -0.15) is 0 Å². The van der Waals surface area contributed by atoms with Crippen LogP contribution in [0.2, 0.25) is 0 Å². The molecule has 0 aliphatic heterocycles. The van der Waals surface area contributed by atoms with Crippen molar-refractivity contribution in [1.82, 2.24) is 0 Å². The minimum atomic E-state index is -0.903. The van der Waals surface area contributed by atoms with Gasteiger partial charge in [-0.1, -0.05) is 25.5 Å². The lowest BCUT2D eigenvalue weighted by molar-refractivity contribution is 0.314. The fourth-order valence-corrected chi connectivity index (χ4v) is 1.24. The van der Waals surface area contributed by atoms with Crippen molar-refractivity contribution in [1.29, 1.82) is 0 Å². The first-order valence-electron chi connectivity index (χ1n) is 4.40. The van der Waals surface area contributed by atoms with Crippen LogP contribution in [-0.4, -0.2) is 6.17 Å². The molecule has 0 aliphatic rings. The molecule has 0 saturated carbocycles. The van der Waals surface area contributed by atoms with Crippen molar-refractivity contribution in [3.8, 4) is 0 Å². The first-order valence-corrected chi connectivity index (χ1v) is 4.40. The molecule has 2 heteroatoms. The molecule has 0 nitrogen and oxygen atoms in total. The third kappa shape index (κ3) is 3.53. The Hall–Kier alpha value is -0.920. The summed E-state index contributed by atoms with van der Waals surface area (Å²) in [7, 11) is 0. The van der Waals surface area contributed by atoms with E-state index in [1.807, 2.05) is 0 Å². The van der Waals surface area contributed by atoms with E-state index in [1.165, 1.54) is 12.1 Å². The van der Waals surface area contributed by atoms with Gasteiger partial charge in [0.25, 0.3) is 0 Å². The summed E-state index contributed by atoms with van der Waals surface area (Å²) in [5.74, 6) is -0.306. The van der Waals surface area contributed by atoms with Gasteiger partial charge in [-0.05, 0) is 24.1 Å². The van der Waals surface area contributed by atoms with E-state index in [4.69, 9.17) is 0 Å². The Morgan fingerprint density at radius 2 is 2.15 bits per heavy atom. The maximum Gasteiger partial charge on any atom is 0.123 e. The molecule has 1 aromatic carbocycles. The molecular formula is C11H13F2. The van der Waals surface area contributed by atoms with Gasteiger partial charge in [0, 0.05) is 6.42 Å². The Kier molecular flexibility index (Phi) is 3.87. The lowest BCUT2D eigenvalue weighted by Gasteiger charge is -2.06. The highest BCUT2D eigenvalue weighted by molar-refractivity contribution is 5.16. The lowest BCUT2D eigenvalue weighted by atomic mass is 10.1. The van der Waals surface area contributed by atoms with E-state index in [0.717, 1.165) is 0 Å². The minimum Gasteiger partial charge on any atom is -0.247 e.